The van der Waals surface area contributed by atoms with Gasteiger partial charge in [-0.15, -0.1) is 0 Å². The van der Waals surface area contributed by atoms with Gasteiger partial charge in [0.2, 0.25) is 0 Å². The summed E-state index contributed by atoms with van der Waals surface area (Å²) < 4.78 is 0. The molecule has 1 radical (unpaired) electrons. The molecular weight excluding hydrogens is 251 g/mol. The van der Waals surface area contributed by atoms with Crippen LogP contribution < -0.4 is 0 Å². The van der Waals surface area contributed by atoms with E-state index in [4.69, 9.17) is 35.7 Å². The minimum Gasteiger partial charge on any atom is -0.479 e. The van der Waals surface area contributed by atoms with Crippen LogP contribution in [0.2, 0.25) is 0 Å². The Morgan fingerprint density at radius 1 is 0.938 bits per heavy atom. The van der Waals surface area contributed by atoms with Crippen LogP contribution in [0.15, 0.2) is 0 Å². The van der Waals surface area contributed by atoms with E-state index in [0.717, 1.165) is 0 Å². The predicted octanol–water partition coefficient (Wildman–Crippen LogP) is -4.51. The molecule has 0 saturated heterocycles. The third kappa shape index (κ3) is 5.47. The maximum atomic E-state index is 10.2. The van der Waals surface area contributed by atoms with Crippen molar-refractivity contribution in [1.29, 1.82) is 0 Å². The zero-order valence-electron chi connectivity index (χ0n) is 8.63. The molecule has 0 aliphatic carbocycles. The summed E-state index contributed by atoms with van der Waals surface area (Å²) in [5, 5.41) is 61.5. The number of aliphatic hydroxyl groups is 6. The first-order chi connectivity index (χ1) is 6.82. The summed E-state index contributed by atoms with van der Waals surface area (Å²) in [6.45, 7) is -0.881. The van der Waals surface area contributed by atoms with Crippen molar-refractivity contribution in [2.24, 2.45) is 0 Å². The molecule has 91 valence electrons. The van der Waals surface area contributed by atoms with Crippen molar-refractivity contribution in [3.63, 3.8) is 0 Å². The van der Waals surface area contributed by atoms with Gasteiger partial charge in [-0.1, -0.05) is 0 Å². The van der Waals surface area contributed by atoms with Crippen molar-refractivity contribution >= 4 is 57.4 Å². The van der Waals surface area contributed by atoms with Crippen LogP contribution in [-0.4, -0.2) is 130 Å². The van der Waals surface area contributed by atoms with Gasteiger partial charge in [-0.3, -0.25) is 0 Å². The van der Waals surface area contributed by atoms with Gasteiger partial charge in [0.25, 0.3) is 0 Å². The summed E-state index contributed by atoms with van der Waals surface area (Å²) in [7, 11) is 0. The molecule has 0 aliphatic heterocycles. The maximum Gasteiger partial charge on any atom is 0.335 e. The summed E-state index contributed by atoms with van der Waals surface area (Å²) in [5.74, 6) is -1.78. The topological polar surface area (TPSA) is 159 Å². The minimum atomic E-state index is -2.29. The van der Waals surface area contributed by atoms with Gasteiger partial charge in [0.1, 0.15) is 24.4 Å². The molecule has 0 spiro atoms. The number of hydrogen-bond donors (Lipinski definition) is 7. The van der Waals surface area contributed by atoms with E-state index in [2.05, 4.69) is 0 Å². The molecule has 0 bridgehead atoms. The molecule has 5 atom stereocenters. The van der Waals surface area contributed by atoms with Crippen LogP contribution in [0, 0.1) is 0 Å². The van der Waals surface area contributed by atoms with E-state index in [1.165, 1.54) is 0 Å². The van der Waals surface area contributed by atoms with Gasteiger partial charge in [-0.05, 0) is 0 Å². The van der Waals surface area contributed by atoms with Gasteiger partial charge < -0.3 is 35.7 Å². The van der Waals surface area contributed by atoms with Gasteiger partial charge in [-0.2, -0.15) is 0 Å². The third-order valence-electron chi connectivity index (χ3n) is 1.86. The normalized spacial score (nSPS) is 20.1. The molecule has 0 fully saturated rings. The average molecular weight is 265 g/mol. The van der Waals surface area contributed by atoms with Crippen molar-refractivity contribution in [3.8, 4) is 0 Å². The molecule has 0 saturated carbocycles. The van der Waals surface area contributed by atoms with Gasteiger partial charge in [-0.25, -0.2) is 4.79 Å². The Labute approximate surface area is 134 Å². The van der Waals surface area contributed by atoms with Crippen LogP contribution in [0.1, 0.15) is 0 Å². The van der Waals surface area contributed by atoms with Gasteiger partial charge >= 0.3 is 5.97 Å². The zero-order valence-corrected chi connectivity index (χ0v) is 11.8. The van der Waals surface area contributed by atoms with Gasteiger partial charge in [0.15, 0.2) is 6.10 Å². The van der Waals surface area contributed by atoms with E-state index in [9.17, 15) is 4.79 Å². The predicted molar refractivity (Wildman–Crippen MR) is 50.5 cm³/mol. The quantitative estimate of drug-likeness (QED) is 0.237. The molecule has 0 aliphatic rings. The summed E-state index contributed by atoms with van der Waals surface area (Å²) in [6.07, 6.45) is -10.2. The zero-order chi connectivity index (χ0) is 12.2. The number of aliphatic hydroxyl groups excluding tert-OH is 6. The number of rotatable bonds is 6. The molecule has 9 heteroatoms. The molecule has 0 amide bonds. The Morgan fingerprint density at radius 3 is 1.69 bits per heavy atom. The summed E-state index contributed by atoms with van der Waals surface area (Å²) in [6, 6.07) is 0. The Hall–Kier alpha value is 0.866. The van der Waals surface area contributed by atoms with E-state index < -0.39 is 43.1 Å². The molecule has 0 rings (SSSR count). The smallest absolute Gasteiger partial charge is 0.335 e. The fraction of sp³-hybridized carbons (Fsp3) is 0.857. The number of carboxylic acids is 1. The van der Waals surface area contributed by atoms with Crippen LogP contribution in [0.3, 0.4) is 0 Å². The van der Waals surface area contributed by atoms with E-state index in [0.29, 0.717) is 0 Å². The van der Waals surface area contributed by atoms with Crippen LogP contribution in [0.5, 0.6) is 0 Å². The molecule has 0 unspecified atom stereocenters. The second-order valence-electron chi connectivity index (χ2n) is 3.00. The Balaban J connectivity index is 0. The molecule has 7 N–H and O–H groups in total. The van der Waals surface area contributed by atoms with E-state index in [1.54, 1.807) is 0 Å². The molecule has 0 aromatic carbocycles. The number of hydrogen-bond acceptors (Lipinski definition) is 7. The number of carbonyl (C=O) groups is 1. The van der Waals surface area contributed by atoms with E-state index in [-0.39, 0.29) is 51.4 Å². The first-order valence-corrected chi connectivity index (χ1v) is 4.07. The van der Waals surface area contributed by atoms with Crippen LogP contribution in [0.25, 0.3) is 0 Å². The Bertz CT molecular complexity index is 213. The van der Waals surface area contributed by atoms with Crippen molar-refractivity contribution < 1.29 is 40.5 Å². The fourth-order valence-electron chi connectivity index (χ4n) is 0.870. The Kier molecular flexibility index (Phi) is 10.7. The van der Waals surface area contributed by atoms with Gasteiger partial charge in [0, 0.05) is 51.4 Å². The largest absolute Gasteiger partial charge is 0.479 e. The van der Waals surface area contributed by atoms with Crippen molar-refractivity contribution in [2.75, 3.05) is 6.61 Å². The van der Waals surface area contributed by atoms with Gasteiger partial charge in [0.05, 0.1) is 6.61 Å². The Morgan fingerprint density at radius 2 is 1.38 bits per heavy atom. The molecule has 0 aromatic heterocycles. The van der Waals surface area contributed by atoms with Crippen molar-refractivity contribution in [2.45, 2.75) is 30.5 Å². The van der Waals surface area contributed by atoms with E-state index in [1.807, 2.05) is 0 Å². The summed E-state index contributed by atoms with van der Waals surface area (Å²) in [4.78, 5) is 10.2. The summed E-state index contributed by atoms with van der Waals surface area (Å²) >= 11 is 0. The van der Waals surface area contributed by atoms with Crippen LogP contribution in [0.4, 0.5) is 0 Å². The molecule has 0 aromatic rings. The van der Waals surface area contributed by atoms with Crippen LogP contribution in [-0.2, 0) is 4.79 Å². The maximum absolute atomic E-state index is 10.2. The molecule has 0 heterocycles. The third-order valence-corrected chi connectivity index (χ3v) is 1.86. The number of aliphatic carboxylic acids is 1. The minimum absolute atomic E-state index is 0. The SMILES string of the molecule is O=C(O)[C@H](O)[C@H](O)[C@@H](O)[C@H](O)[C@H](O)CO.[K]. The van der Waals surface area contributed by atoms with E-state index >= 15 is 0 Å². The first-order valence-electron chi connectivity index (χ1n) is 4.07. The average Bonchev–Trinajstić information content (AvgIpc) is 2.23. The molecule has 16 heavy (non-hydrogen) atoms. The monoisotopic (exact) mass is 265 g/mol. The first kappa shape index (κ1) is 19.2. The van der Waals surface area contributed by atoms with Crippen molar-refractivity contribution in [1.82, 2.24) is 0 Å². The standard InChI is InChI=1S/C7H14O8.K/c8-1-2(9)3(10)4(11)5(12)6(13)7(14)15;/h2-6,8-13H,1H2,(H,14,15);/t2-,3-,4+,5-,6-;/m1./s1. The second kappa shape index (κ2) is 8.88. The number of carboxylic acid groups (broad SMARTS) is 1. The molecule has 8 nitrogen and oxygen atoms in total. The van der Waals surface area contributed by atoms with Crippen LogP contribution >= 0.6 is 0 Å². The summed E-state index contributed by atoms with van der Waals surface area (Å²) in [5.41, 5.74) is 0. The van der Waals surface area contributed by atoms with Crippen molar-refractivity contribution in [3.05, 3.63) is 0 Å². The molecular formula is C7H14KO8. The fourth-order valence-corrected chi connectivity index (χ4v) is 0.870. The second-order valence-corrected chi connectivity index (χ2v) is 3.00.